The van der Waals surface area contributed by atoms with Crippen LogP contribution < -0.4 is 9.62 Å². The quantitative estimate of drug-likeness (QED) is 0.405. The molecule has 3 rings (SSSR count). The zero-order valence-electron chi connectivity index (χ0n) is 21.5. The molecule has 1 unspecified atom stereocenters. The highest BCUT2D eigenvalue weighted by Crippen LogP contribution is 2.27. The number of aryl methyl sites for hydroxylation is 1. The number of hydrogen-bond donors (Lipinski definition) is 1. The van der Waals surface area contributed by atoms with Crippen LogP contribution in [0.25, 0.3) is 0 Å². The second-order valence-corrected chi connectivity index (χ2v) is 12.2. The number of anilines is 1. The van der Waals surface area contributed by atoms with Crippen LogP contribution in [0, 0.1) is 0 Å². The molecule has 0 aliphatic heterocycles. The van der Waals surface area contributed by atoms with Crippen molar-refractivity contribution in [2.45, 2.75) is 71.0 Å². The molecular weight excluding hydrogens is 533 g/mol. The number of sulfonamides is 1. The number of benzene rings is 2. The Hall–Kier alpha value is -2.29. The Bertz CT molecular complexity index is 1220. The van der Waals surface area contributed by atoms with Gasteiger partial charge in [-0.1, -0.05) is 74.2 Å². The highest BCUT2D eigenvalue weighted by Gasteiger charge is 2.33. The van der Waals surface area contributed by atoms with Crippen LogP contribution in [-0.4, -0.2) is 50.0 Å². The minimum Gasteiger partial charge on any atom is -0.352 e. The van der Waals surface area contributed by atoms with Crippen molar-refractivity contribution in [3.8, 4) is 0 Å². The van der Waals surface area contributed by atoms with E-state index in [1.807, 2.05) is 26.0 Å². The second-order valence-electron chi connectivity index (χ2n) is 9.44. The lowest BCUT2D eigenvalue weighted by Gasteiger charge is -2.34. The maximum atomic E-state index is 13.9. The van der Waals surface area contributed by atoms with Crippen molar-refractivity contribution < 1.29 is 18.0 Å². The molecule has 2 amide bonds. The molecule has 7 nitrogen and oxygen atoms in total. The Balaban J connectivity index is 1.96. The third kappa shape index (κ3) is 7.62. The largest absolute Gasteiger partial charge is 0.352 e. The normalized spacial score (nSPS) is 14.8. The zero-order valence-corrected chi connectivity index (χ0v) is 23.9. The van der Waals surface area contributed by atoms with Gasteiger partial charge in [-0.2, -0.15) is 0 Å². The molecule has 0 bridgehead atoms. The van der Waals surface area contributed by atoms with Crippen LogP contribution in [0.1, 0.15) is 57.1 Å². The third-order valence-corrected chi connectivity index (χ3v) is 8.61. The van der Waals surface area contributed by atoms with E-state index in [4.69, 9.17) is 23.2 Å². The number of carbonyl (C=O) groups is 2. The maximum Gasteiger partial charge on any atom is 0.244 e. The maximum absolute atomic E-state index is 13.9. The Morgan fingerprint density at radius 2 is 1.73 bits per heavy atom. The van der Waals surface area contributed by atoms with E-state index >= 15 is 0 Å². The van der Waals surface area contributed by atoms with E-state index in [0.29, 0.717) is 34.1 Å². The highest BCUT2D eigenvalue weighted by molar-refractivity contribution is 7.92. The summed E-state index contributed by atoms with van der Waals surface area (Å²) in [5.74, 6) is -0.710. The number of amides is 2. The topological polar surface area (TPSA) is 86.8 Å². The average molecular weight is 569 g/mol. The number of halogens is 2. The molecule has 37 heavy (non-hydrogen) atoms. The molecule has 0 radical (unpaired) electrons. The number of nitrogens with zero attached hydrogens (tertiary/aromatic N) is 2. The van der Waals surface area contributed by atoms with E-state index in [-0.39, 0.29) is 18.5 Å². The van der Waals surface area contributed by atoms with E-state index in [1.54, 1.807) is 30.3 Å². The molecule has 1 aliphatic carbocycles. The van der Waals surface area contributed by atoms with E-state index in [9.17, 15) is 18.0 Å². The molecule has 1 atom stereocenters. The van der Waals surface area contributed by atoms with Crippen LogP contribution in [0.15, 0.2) is 42.5 Å². The molecular formula is C27H35Cl2N3O4S. The standard InChI is InChI=1S/C27H35Cl2N3O4S/c1-4-20-10-6-9-13-25(20)32(37(3,35)36)18-26(33)31(17-19-14-15-22(28)23(29)16-19)24(5-2)27(34)30-21-11-7-8-12-21/h6,9-10,13-16,21,24H,4-5,7-8,11-12,17-18H2,1-3H3,(H,30,34). The first-order valence-corrected chi connectivity index (χ1v) is 15.2. The first kappa shape index (κ1) is 29.3. The summed E-state index contributed by atoms with van der Waals surface area (Å²) in [6.45, 7) is 3.43. The minimum atomic E-state index is -3.79. The van der Waals surface area contributed by atoms with Crippen LogP contribution in [0.5, 0.6) is 0 Å². The molecule has 2 aromatic rings. The molecule has 0 saturated heterocycles. The SMILES string of the molecule is CCc1ccccc1N(CC(=O)N(Cc1ccc(Cl)c(Cl)c1)C(CC)C(=O)NC1CCCC1)S(C)(=O)=O. The van der Waals surface area contributed by atoms with Gasteiger partial charge in [0.2, 0.25) is 21.8 Å². The fraction of sp³-hybridized carbons (Fsp3) is 0.481. The van der Waals surface area contributed by atoms with Gasteiger partial charge in [0, 0.05) is 12.6 Å². The molecule has 1 aliphatic rings. The van der Waals surface area contributed by atoms with Gasteiger partial charge in [0.15, 0.2) is 0 Å². The molecule has 2 aromatic carbocycles. The summed E-state index contributed by atoms with van der Waals surface area (Å²) < 4.78 is 26.8. The van der Waals surface area contributed by atoms with Crippen molar-refractivity contribution in [1.82, 2.24) is 10.2 Å². The number of rotatable bonds is 11. The van der Waals surface area contributed by atoms with Gasteiger partial charge >= 0.3 is 0 Å². The average Bonchev–Trinajstić information content (AvgIpc) is 3.36. The molecule has 10 heteroatoms. The number of para-hydroxylation sites is 1. The van der Waals surface area contributed by atoms with Gasteiger partial charge in [0.1, 0.15) is 12.6 Å². The lowest BCUT2D eigenvalue weighted by atomic mass is 10.1. The van der Waals surface area contributed by atoms with E-state index in [0.717, 1.165) is 41.8 Å². The smallest absolute Gasteiger partial charge is 0.244 e. The molecule has 0 aromatic heterocycles. The van der Waals surface area contributed by atoms with Gasteiger partial charge in [-0.3, -0.25) is 13.9 Å². The fourth-order valence-corrected chi connectivity index (χ4v) is 5.97. The summed E-state index contributed by atoms with van der Waals surface area (Å²) in [4.78, 5) is 28.7. The molecule has 202 valence electrons. The van der Waals surface area contributed by atoms with Crippen LogP contribution >= 0.6 is 23.2 Å². The fourth-order valence-electron chi connectivity index (χ4n) is 4.77. The lowest BCUT2D eigenvalue weighted by molar-refractivity contribution is -0.140. The number of carbonyl (C=O) groups excluding carboxylic acids is 2. The summed E-state index contributed by atoms with van der Waals surface area (Å²) in [5, 5.41) is 3.81. The van der Waals surface area contributed by atoms with Crippen LogP contribution in [0.3, 0.4) is 0 Å². The van der Waals surface area contributed by atoms with E-state index in [1.165, 1.54) is 4.90 Å². The second kappa shape index (κ2) is 13.0. The first-order chi connectivity index (χ1) is 17.5. The number of hydrogen-bond acceptors (Lipinski definition) is 4. The predicted octanol–water partition coefficient (Wildman–Crippen LogP) is 5.19. The summed E-state index contributed by atoms with van der Waals surface area (Å²) in [6, 6.07) is 11.5. The highest BCUT2D eigenvalue weighted by atomic mass is 35.5. The summed E-state index contributed by atoms with van der Waals surface area (Å²) >= 11 is 12.3. The van der Waals surface area contributed by atoms with Gasteiger partial charge in [-0.15, -0.1) is 0 Å². The van der Waals surface area contributed by atoms with Crippen molar-refractivity contribution in [2.75, 3.05) is 17.1 Å². The Morgan fingerprint density at radius 1 is 1.05 bits per heavy atom. The molecule has 0 heterocycles. The van der Waals surface area contributed by atoms with Gasteiger partial charge in [0.25, 0.3) is 0 Å². The third-order valence-electron chi connectivity index (χ3n) is 6.74. The molecule has 1 N–H and O–H groups in total. The van der Waals surface area contributed by atoms with Crippen LogP contribution in [-0.2, 0) is 32.6 Å². The zero-order chi connectivity index (χ0) is 27.2. The van der Waals surface area contributed by atoms with Crippen molar-refractivity contribution >= 4 is 50.7 Å². The summed E-state index contributed by atoms with van der Waals surface area (Å²) in [6.07, 6.45) is 6.01. The Labute approximate surface area is 230 Å². The van der Waals surface area contributed by atoms with Crippen LogP contribution in [0.4, 0.5) is 5.69 Å². The monoisotopic (exact) mass is 567 g/mol. The van der Waals surface area contributed by atoms with Crippen molar-refractivity contribution in [3.05, 3.63) is 63.6 Å². The first-order valence-electron chi connectivity index (χ1n) is 12.6. The van der Waals surface area contributed by atoms with E-state index in [2.05, 4.69) is 5.32 Å². The molecule has 1 saturated carbocycles. The Morgan fingerprint density at radius 3 is 2.32 bits per heavy atom. The summed E-state index contributed by atoms with van der Waals surface area (Å²) in [7, 11) is -3.79. The predicted molar refractivity (Wildman–Crippen MR) is 149 cm³/mol. The van der Waals surface area contributed by atoms with E-state index < -0.39 is 28.5 Å². The van der Waals surface area contributed by atoms with Gasteiger partial charge in [-0.25, -0.2) is 8.42 Å². The van der Waals surface area contributed by atoms with Crippen molar-refractivity contribution in [3.63, 3.8) is 0 Å². The van der Waals surface area contributed by atoms with Gasteiger partial charge < -0.3 is 10.2 Å². The van der Waals surface area contributed by atoms with Crippen molar-refractivity contribution in [2.24, 2.45) is 0 Å². The Kier molecular flexibility index (Phi) is 10.3. The minimum absolute atomic E-state index is 0.0827. The van der Waals surface area contributed by atoms with Crippen LogP contribution in [0.2, 0.25) is 10.0 Å². The van der Waals surface area contributed by atoms with Gasteiger partial charge in [-0.05, 0) is 55.0 Å². The van der Waals surface area contributed by atoms with Crippen molar-refractivity contribution in [1.29, 1.82) is 0 Å². The molecule has 1 fully saturated rings. The molecule has 0 spiro atoms. The number of nitrogens with one attached hydrogen (secondary N) is 1. The lowest BCUT2D eigenvalue weighted by Crippen LogP contribution is -2.53. The summed E-state index contributed by atoms with van der Waals surface area (Å²) in [5.41, 5.74) is 1.95. The van der Waals surface area contributed by atoms with Gasteiger partial charge in [0.05, 0.1) is 22.0 Å².